The van der Waals surface area contributed by atoms with E-state index in [2.05, 4.69) is 55.4 Å². The molecule has 0 heterocycles. The van der Waals surface area contributed by atoms with Crippen LogP contribution in [0.25, 0.3) is 0 Å². The molecule has 0 spiro atoms. The maximum atomic E-state index is 2.35. The highest BCUT2D eigenvalue weighted by atomic mass is 14.3. The van der Waals surface area contributed by atoms with E-state index in [1.165, 1.54) is 0 Å². The number of rotatable bonds is 3. The van der Waals surface area contributed by atoms with Gasteiger partial charge in [-0.1, -0.05) is 52.7 Å². The first-order chi connectivity index (χ1) is 5.71. The lowest BCUT2D eigenvalue weighted by atomic mass is 9.72. The first-order valence-electron chi connectivity index (χ1n) is 5.39. The Morgan fingerprint density at radius 2 is 1.31 bits per heavy atom. The van der Waals surface area contributed by atoms with Gasteiger partial charge in [0.25, 0.3) is 0 Å². The van der Waals surface area contributed by atoms with Crippen LogP contribution < -0.4 is 0 Å². The van der Waals surface area contributed by atoms with Crippen LogP contribution in [0, 0.1) is 17.3 Å². The second kappa shape index (κ2) is 4.30. The summed E-state index contributed by atoms with van der Waals surface area (Å²) in [6, 6.07) is 0. The van der Waals surface area contributed by atoms with Crippen LogP contribution in [-0.2, 0) is 0 Å². The fourth-order valence-electron chi connectivity index (χ4n) is 1.37. The maximum Gasteiger partial charge on any atom is -0.0122 e. The van der Waals surface area contributed by atoms with Gasteiger partial charge in [0.15, 0.2) is 0 Å². The fourth-order valence-corrected chi connectivity index (χ4v) is 1.37. The summed E-state index contributed by atoms with van der Waals surface area (Å²) in [6.07, 6.45) is 0. The maximum absolute atomic E-state index is 2.35. The second-order valence-corrected chi connectivity index (χ2v) is 5.34. The van der Waals surface area contributed by atoms with Crippen molar-refractivity contribution < 1.29 is 0 Å². The zero-order valence-corrected chi connectivity index (χ0v) is 10.7. The average Bonchev–Trinajstić information content (AvgIpc) is 2.01. The van der Waals surface area contributed by atoms with Crippen LogP contribution >= 0.6 is 0 Å². The number of allylic oxidation sites excluding steroid dienone is 2. The molecule has 0 fully saturated rings. The summed E-state index contributed by atoms with van der Waals surface area (Å²) < 4.78 is 0. The van der Waals surface area contributed by atoms with Gasteiger partial charge in [0.2, 0.25) is 0 Å². The van der Waals surface area contributed by atoms with Gasteiger partial charge in [-0.05, 0) is 31.1 Å². The Labute approximate surface area is 84.4 Å². The van der Waals surface area contributed by atoms with E-state index in [-0.39, 0.29) is 0 Å². The Bertz CT molecular complexity index is 192. The molecule has 0 rings (SSSR count). The molecule has 0 nitrogen and oxygen atoms in total. The summed E-state index contributed by atoms with van der Waals surface area (Å²) in [5, 5.41) is 0. The second-order valence-electron chi connectivity index (χ2n) is 5.34. The monoisotopic (exact) mass is 182 g/mol. The van der Waals surface area contributed by atoms with Gasteiger partial charge >= 0.3 is 0 Å². The van der Waals surface area contributed by atoms with E-state index in [4.69, 9.17) is 0 Å². The standard InChI is InChI=1S/C13H26/c1-9(2)11(5)12(6)13(7,8)10(3)4/h9-10H,1-8H3. The molecule has 0 heteroatoms. The molecule has 0 aromatic carbocycles. The molecule has 0 aromatic rings. The van der Waals surface area contributed by atoms with Crippen molar-refractivity contribution in [1.29, 1.82) is 0 Å². The third-order valence-electron chi connectivity index (χ3n) is 3.87. The molecule has 0 aromatic heterocycles. The van der Waals surface area contributed by atoms with Crippen molar-refractivity contribution in [2.45, 2.75) is 55.4 Å². The van der Waals surface area contributed by atoms with Crippen molar-refractivity contribution in [3.63, 3.8) is 0 Å². The molecule has 0 bridgehead atoms. The molecule has 0 aliphatic heterocycles. The van der Waals surface area contributed by atoms with Crippen molar-refractivity contribution in [3.8, 4) is 0 Å². The van der Waals surface area contributed by atoms with Gasteiger partial charge in [0.1, 0.15) is 0 Å². The van der Waals surface area contributed by atoms with E-state index < -0.39 is 0 Å². The molecular weight excluding hydrogens is 156 g/mol. The van der Waals surface area contributed by atoms with Crippen LogP contribution in [0.15, 0.2) is 11.1 Å². The van der Waals surface area contributed by atoms with Gasteiger partial charge in [0.05, 0.1) is 0 Å². The summed E-state index contributed by atoms with van der Waals surface area (Å²) in [5.74, 6) is 1.39. The van der Waals surface area contributed by atoms with Crippen molar-refractivity contribution in [2.24, 2.45) is 17.3 Å². The van der Waals surface area contributed by atoms with Gasteiger partial charge < -0.3 is 0 Å². The molecule has 0 N–H and O–H groups in total. The van der Waals surface area contributed by atoms with Crippen LogP contribution in [0.3, 0.4) is 0 Å². The third-order valence-corrected chi connectivity index (χ3v) is 3.87. The van der Waals surface area contributed by atoms with Crippen LogP contribution in [-0.4, -0.2) is 0 Å². The minimum absolute atomic E-state index is 0.342. The first kappa shape index (κ1) is 12.7. The SMILES string of the molecule is CC(=C(C)C(C)(C)C(C)C)C(C)C. The van der Waals surface area contributed by atoms with Crippen molar-refractivity contribution >= 4 is 0 Å². The van der Waals surface area contributed by atoms with Crippen LogP contribution in [0.4, 0.5) is 0 Å². The van der Waals surface area contributed by atoms with Gasteiger partial charge in [-0.25, -0.2) is 0 Å². The smallest absolute Gasteiger partial charge is 0.0122 e. The Morgan fingerprint density at radius 1 is 0.923 bits per heavy atom. The van der Waals surface area contributed by atoms with Crippen molar-refractivity contribution in [3.05, 3.63) is 11.1 Å². The molecule has 0 atom stereocenters. The number of hydrogen-bond donors (Lipinski definition) is 0. The van der Waals surface area contributed by atoms with E-state index >= 15 is 0 Å². The molecule has 0 saturated heterocycles. The molecule has 0 amide bonds. The minimum Gasteiger partial charge on any atom is -0.0713 e. The molecule has 0 aliphatic carbocycles. The van der Waals surface area contributed by atoms with E-state index in [9.17, 15) is 0 Å². The molecule has 0 aliphatic rings. The zero-order chi connectivity index (χ0) is 10.8. The summed E-state index contributed by atoms with van der Waals surface area (Å²) in [5.41, 5.74) is 3.46. The highest BCUT2D eigenvalue weighted by molar-refractivity contribution is 5.19. The van der Waals surface area contributed by atoms with E-state index in [1.807, 2.05) is 0 Å². The predicted molar refractivity (Wildman–Crippen MR) is 61.8 cm³/mol. The lowest BCUT2D eigenvalue weighted by molar-refractivity contribution is 0.305. The van der Waals surface area contributed by atoms with Gasteiger partial charge in [-0.3, -0.25) is 0 Å². The van der Waals surface area contributed by atoms with E-state index in [0.29, 0.717) is 17.3 Å². The van der Waals surface area contributed by atoms with Crippen LogP contribution in [0.2, 0.25) is 0 Å². The summed E-state index contributed by atoms with van der Waals surface area (Å²) in [4.78, 5) is 0. The van der Waals surface area contributed by atoms with Gasteiger partial charge in [0, 0.05) is 0 Å². The molecule has 0 radical (unpaired) electrons. The fraction of sp³-hybridized carbons (Fsp3) is 0.846. The Balaban J connectivity index is 4.96. The third kappa shape index (κ3) is 2.86. The topological polar surface area (TPSA) is 0 Å². The van der Waals surface area contributed by atoms with Crippen molar-refractivity contribution in [1.82, 2.24) is 0 Å². The summed E-state index contributed by atoms with van der Waals surface area (Å²) in [6.45, 7) is 18.4. The molecule has 13 heavy (non-hydrogen) atoms. The number of hydrogen-bond acceptors (Lipinski definition) is 0. The highest BCUT2D eigenvalue weighted by Crippen LogP contribution is 2.37. The Morgan fingerprint density at radius 3 is 1.54 bits per heavy atom. The van der Waals surface area contributed by atoms with Gasteiger partial charge in [-0.2, -0.15) is 0 Å². The summed E-state index contributed by atoms with van der Waals surface area (Å²) >= 11 is 0. The quantitative estimate of drug-likeness (QED) is 0.557. The molecular formula is C13H26. The first-order valence-corrected chi connectivity index (χ1v) is 5.39. The van der Waals surface area contributed by atoms with Crippen LogP contribution in [0.5, 0.6) is 0 Å². The van der Waals surface area contributed by atoms with Crippen LogP contribution in [0.1, 0.15) is 55.4 Å². The normalized spacial score (nSPS) is 15.2. The Kier molecular flexibility index (Phi) is 4.22. The lowest BCUT2D eigenvalue weighted by Gasteiger charge is -2.33. The Hall–Kier alpha value is -0.260. The molecule has 0 saturated carbocycles. The average molecular weight is 182 g/mol. The highest BCUT2D eigenvalue weighted by Gasteiger charge is 2.25. The van der Waals surface area contributed by atoms with E-state index in [0.717, 1.165) is 0 Å². The lowest BCUT2D eigenvalue weighted by Crippen LogP contribution is -2.22. The van der Waals surface area contributed by atoms with Crippen molar-refractivity contribution in [2.75, 3.05) is 0 Å². The predicted octanol–water partition coefficient (Wildman–Crippen LogP) is 4.66. The largest absolute Gasteiger partial charge is 0.0713 e. The minimum atomic E-state index is 0.342. The van der Waals surface area contributed by atoms with Gasteiger partial charge in [-0.15, -0.1) is 0 Å². The molecule has 78 valence electrons. The zero-order valence-electron chi connectivity index (χ0n) is 10.7. The molecule has 0 unspecified atom stereocenters. The van der Waals surface area contributed by atoms with E-state index in [1.54, 1.807) is 11.1 Å². The summed E-state index contributed by atoms with van der Waals surface area (Å²) in [7, 11) is 0.